The number of fused-ring (bicyclic) bond motifs is 1. The monoisotopic (exact) mass is 395 g/mol. The molecule has 1 aromatic heterocycles. The lowest BCUT2D eigenvalue weighted by Gasteiger charge is -2.28. The highest BCUT2D eigenvalue weighted by molar-refractivity contribution is 6.30. The second kappa shape index (κ2) is 7.24. The normalized spacial score (nSPS) is 15.6. The number of ether oxygens (including phenoxy) is 1. The van der Waals surface area contributed by atoms with Gasteiger partial charge in [-0.25, -0.2) is 4.79 Å². The van der Waals surface area contributed by atoms with Crippen LogP contribution >= 0.6 is 11.6 Å². The van der Waals surface area contributed by atoms with Gasteiger partial charge in [0.15, 0.2) is 5.78 Å². The Kier molecular flexibility index (Phi) is 4.62. The van der Waals surface area contributed by atoms with Gasteiger partial charge in [0, 0.05) is 10.6 Å². The maximum Gasteiger partial charge on any atom is 0.355 e. The molecule has 0 amide bonds. The van der Waals surface area contributed by atoms with Gasteiger partial charge in [-0.1, -0.05) is 59.2 Å². The van der Waals surface area contributed by atoms with Crippen LogP contribution in [0, 0.1) is 0 Å². The lowest BCUT2D eigenvalue weighted by molar-refractivity contribution is -0.136. The first kappa shape index (κ1) is 17.9. The van der Waals surface area contributed by atoms with E-state index in [4.69, 9.17) is 16.3 Å². The highest BCUT2D eigenvalue weighted by Gasteiger charge is 2.38. The van der Waals surface area contributed by atoms with Crippen molar-refractivity contribution >= 4 is 29.3 Å². The highest BCUT2D eigenvalue weighted by atomic mass is 35.5. The first-order chi connectivity index (χ1) is 13.6. The number of nitrogens with zero attached hydrogens (tertiary/aromatic N) is 4. The van der Waals surface area contributed by atoms with Crippen molar-refractivity contribution in [3.8, 4) is 0 Å². The molecule has 28 heavy (non-hydrogen) atoms. The summed E-state index contributed by atoms with van der Waals surface area (Å²) in [5.41, 5.74) is 1.30. The van der Waals surface area contributed by atoms with E-state index in [1.807, 2.05) is 6.07 Å². The van der Waals surface area contributed by atoms with Crippen LogP contribution in [0.3, 0.4) is 0 Å². The molecule has 0 aliphatic carbocycles. The second-order valence-electron chi connectivity index (χ2n) is 6.00. The number of nitrogens with one attached hydrogen (secondary N) is 1. The Morgan fingerprint density at radius 3 is 2.50 bits per heavy atom. The number of carbonyl (C=O) groups excluding carboxylic acids is 2. The number of carbonyl (C=O) groups is 2. The van der Waals surface area contributed by atoms with Gasteiger partial charge < -0.3 is 10.1 Å². The van der Waals surface area contributed by atoms with Gasteiger partial charge in [-0.05, 0) is 28.1 Å². The van der Waals surface area contributed by atoms with Crippen LogP contribution in [-0.4, -0.2) is 39.1 Å². The van der Waals surface area contributed by atoms with Crippen LogP contribution < -0.4 is 5.32 Å². The Labute approximate surface area is 164 Å². The second-order valence-corrected chi connectivity index (χ2v) is 6.44. The largest absolute Gasteiger partial charge is 0.464 e. The molecule has 1 atom stereocenters. The Bertz CT molecular complexity index is 1080. The summed E-state index contributed by atoms with van der Waals surface area (Å²) < 4.78 is 6.34. The number of methoxy groups -OCH3 is 1. The van der Waals surface area contributed by atoms with Gasteiger partial charge in [0.05, 0.1) is 12.7 Å². The average Bonchev–Trinajstić information content (AvgIpc) is 3.21. The Balaban J connectivity index is 1.95. The van der Waals surface area contributed by atoms with Crippen molar-refractivity contribution in [2.45, 2.75) is 6.04 Å². The maximum absolute atomic E-state index is 13.4. The third-order valence-corrected chi connectivity index (χ3v) is 4.62. The topological polar surface area (TPSA) is 99.0 Å². The zero-order chi connectivity index (χ0) is 19.7. The van der Waals surface area contributed by atoms with E-state index < -0.39 is 12.0 Å². The quantitative estimate of drug-likeness (QED) is 0.535. The first-order valence-corrected chi connectivity index (χ1v) is 8.70. The molecule has 9 heteroatoms. The number of halogens is 1. The van der Waals surface area contributed by atoms with Crippen LogP contribution in [0.1, 0.15) is 22.0 Å². The van der Waals surface area contributed by atoms with Crippen molar-refractivity contribution in [3.05, 3.63) is 82.0 Å². The van der Waals surface area contributed by atoms with Gasteiger partial charge in [0.1, 0.15) is 11.7 Å². The van der Waals surface area contributed by atoms with E-state index in [9.17, 15) is 9.59 Å². The molecule has 140 valence electrons. The number of Topliss-reactive ketones (excluding diaryl/α,β-unsaturated/α-hetero) is 1. The zero-order valence-electron chi connectivity index (χ0n) is 14.7. The molecule has 8 nitrogen and oxygen atoms in total. The fourth-order valence-corrected chi connectivity index (χ4v) is 3.21. The molecule has 4 rings (SSSR count). The summed E-state index contributed by atoms with van der Waals surface area (Å²) in [6, 6.07) is 14.9. The standard InChI is InChI=1S/C19H14ClN5O3/c1-28-18(27)15-14(17(26)12-5-3-2-4-6-12)16(11-7-9-13(20)10-8-11)25-19(21-15)22-23-24-25/h2-10,16H,1H3,(H,21,22,24). The molecule has 2 heterocycles. The van der Waals surface area contributed by atoms with Gasteiger partial charge in [-0.3, -0.25) is 4.79 Å². The third-order valence-electron chi connectivity index (χ3n) is 4.37. The molecule has 1 aliphatic rings. The molecular formula is C19H14ClN5O3. The molecule has 3 aromatic rings. The maximum atomic E-state index is 13.4. The molecule has 1 N–H and O–H groups in total. The Morgan fingerprint density at radius 1 is 1.11 bits per heavy atom. The molecular weight excluding hydrogens is 382 g/mol. The van der Waals surface area contributed by atoms with Crippen LogP contribution in [0.25, 0.3) is 0 Å². The van der Waals surface area contributed by atoms with Crippen molar-refractivity contribution in [2.24, 2.45) is 0 Å². The lowest BCUT2D eigenvalue weighted by atomic mass is 9.89. The number of aromatic nitrogens is 4. The van der Waals surface area contributed by atoms with Gasteiger partial charge in [0.25, 0.3) is 0 Å². The lowest BCUT2D eigenvalue weighted by Crippen LogP contribution is -2.32. The minimum absolute atomic E-state index is 0.00129. The van der Waals surface area contributed by atoms with Crippen molar-refractivity contribution in [3.63, 3.8) is 0 Å². The van der Waals surface area contributed by atoms with Crippen molar-refractivity contribution < 1.29 is 14.3 Å². The van der Waals surface area contributed by atoms with E-state index >= 15 is 0 Å². The number of tetrazole rings is 1. The predicted octanol–water partition coefficient (Wildman–Crippen LogP) is 2.65. The molecule has 1 aliphatic heterocycles. The molecule has 0 bridgehead atoms. The highest BCUT2D eigenvalue weighted by Crippen LogP contribution is 2.36. The summed E-state index contributed by atoms with van der Waals surface area (Å²) >= 11 is 6.01. The first-order valence-electron chi connectivity index (χ1n) is 8.32. The zero-order valence-corrected chi connectivity index (χ0v) is 15.4. The molecule has 0 spiro atoms. The fraction of sp³-hybridized carbons (Fsp3) is 0.105. The average molecular weight is 396 g/mol. The van der Waals surface area contributed by atoms with Gasteiger partial charge in [-0.15, -0.1) is 0 Å². The van der Waals surface area contributed by atoms with E-state index in [0.717, 1.165) is 0 Å². The van der Waals surface area contributed by atoms with Gasteiger partial charge >= 0.3 is 5.97 Å². The molecule has 0 radical (unpaired) electrons. The minimum atomic E-state index is -0.731. The number of rotatable bonds is 4. The summed E-state index contributed by atoms with van der Waals surface area (Å²) in [7, 11) is 1.25. The SMILES string of the molecule is COC(=O)C1=C(C(=O)c2ccccc2)C(c2ccc(Cl)cc2)n2nnnc2N1. The summed E-state index contributed by atoms with van der Waals surface area (Å²) in [5, 5.41) is 14.9. The molecule has 0 fully saturated rings. The van der Waals surface area contributed by atoms with Crippen LogP contribution in [0.5, 0.6) is 0 Å². The Morgan fingerprint density at radius 2 is 1.82 bits per heavy atom. The number of anilines is 1. The van der Waals surface area contributed by atoms with Gasteiger partial charge in [-0.2, -0.15) is 4.68 Å². The summed E-state index contributed by atoms with van der Waals surface area (Å²) in [6.07, 6.45) is 0. The van der Waals surface area contributed by atoms with Crippen molar-refractivity contribution in [1.29, 1.82) is 0 Å². The van der Waals surface area contributed by atoms with Crippen LogP contribution in [0.4, 0.5) is 5.95 Å². The number of hydrogen-bond acceptors (Lipinski definition) is 7. The van der Waals surface area contributed by atoms with E-state index in [1.165, 1.54) is 11.8 Å². The van der Waals surface area contributed by atoms with Crippen molar-refractivity contribution in [1.82, 2.24) is 20.2 Å². The van der Waals surface area contributed by atoms with E-state index in [-0.39, 0.29) is 23.0 Å². The fourth-order valence-electron chi connectivity index (χ4n) is 3.09. The van der Waals surface area contributed by atoms with Crippen LogP contribution in [-0.2, 0) is 9.53 Å². The molecule has 2 aromatic carbocycles. The number of ketones is 1. The minimum Gasteiger partial charge on any atom is -0.464 e. The summed E-state index contributed by atoms with van der Waals surface area (Å²) in [6.45, 7) is 0. The molecule has 0 saturated carbocycles. The number of esters is 1. The summed E-state index contributed by atoms with van der Waals surface area (Å²) in [4.78, 5) is 25.9. The predicted molar refractivity (Wildman–Crippen MR) is 101 cm³/mol. The van der Waals surface area contributed by atoms with Crippen LogP contribution in [0.2, 0.25) is 5.02 Å². The molecule has 1 unspecified atom stereocenters. The van der Waals surface area contributed by atoms with Gasteiger partial charge in [0.2, 0.25) is 5.95 Å². The third kappa shape index (κ3) is 3.03. The summed E-state index contributed by atoms with van der Waals surface area (Å²) in [5.74, 6) is -0.799. The van der Waals surface area contributed by atoms with E-state index in [1.54, 1.807) is 48.5 Å². The Hall–Kier alpha value is -3.52. The van der Waals surface area contributed by atoms with Crippen LogP contribution in [0.15, 0.2) is 65.9 Å². The smallest absolute Gasteiger partial charge is 0.355 e. The van der Waals surface area contributed by atoms with E-state index in [2.05, 4.69) is 20.8 Å². The number of hydrogen-bond donors (Lipinski definition) is 1. The van der Waals surface area contributed by atoms with E-state index in [0.29, 0.717) is 16.1 Å². The number of allylic oxidation sites excluding steroid dienone is 1. The van der Waals surface area contributed by atoms with Crippen molar-refractivity contribution in [2.75, 3.05) is 12.4 Å². The number of benzene rings is 2. The molecule has 0 saturated heterocycles.